The molecule has 0 atom stereocenters. The summed E-state index contributed by atoms with van der Waals surface area (Å²) in [6, 6.07) is 2.38. The number of fused-ring (bicyclic) bond motifs is 1. The first kappa shape index (κ1) is 16.0. The molecule has 0 spiro atoms. The molecular weight excluding hydrogens is 290 g/mol. The maximum atomic E-state index is 9.66. The molecule has 1 aromatic heterocycles. The van der Waals surface area contributed by atoms with Crippen molar-refractivity contribution in [3.8, 4) is 6.07 Å². The number of ether oxygens (including phenoxy) is 1. The molecular formula is C17H25N5O. The van der Waals surface area contributed by atoms with Gasteiger partial charge in [0, 0.05) is 45.4 Å². The fourth-order valence-electron chi connectivity index (χ4n) is 3.46. The zero-order valence-corrected chi connectivity index (χ0v) is 14.1. The largest absolute Gasteiger partial charge is 0.383 e. The second-order valence-corrected chi connectivity index (χ2v) is 6.33. The van der Waals surface area contributed by atoms with E-state index in [4.69, 9.17) is 9.72 Å². The molecule has 6 heteroatoms. The van der Waals surface area contributed by atoms with E-state index in [-0.39, 0.29) is 0 Å². The molecule has 3 heterocycles. The van der Waals surface area contributed by atoms with Crippen molar-refractivity contribution in [2.45, 2.75) is 25.8 Å². The van der Waals surface area contributed by atoms with E-state index in [9.17, 15) is 5.26 Å². The van der Waals surface area contributed by atoms with Crippen LogP contribution in [0.4, 0.5) is 11.6 Å². The summed E-state index contributed by atoms with van der Waals surface area (Å²) in [6.45, 7) is 5.25. The van der Waals surface area contributed by atoms with Gasteiger partial charge in [0.05, 0.1) is 12.2 Å². The van der Waals surface area contributed by atoms with Crippen LogP contribution in [0.15, 0.2) is 0 Å². The number of methoxy groups -OCH3 is 1. The van der Waals surface area contributed by atoms with Gasteiger partial charge in [0.25, 0.3) is 0 Å². The van der Waals surface area contributed by atoms with Crippen LogP contribution < -0.4 is 10.2 Å². The lowest BCUT2D eigenvalue weighted by Gasteiger charge is -2.31. The number of likely N-dealkylation sites (N-methyl/N-ethyl adjacent to an activating group) is 1. The molecule has 1 aromatic rings. The zero-order chi connectivity index (χ0) is 16.2. The smallest absolute Gasteiger partial charge is 0.146 e. The van der Waals surface area contributed by atoms with E-state index in [1.54, 1.807) is 7.11 Å². The Labute approximate surface area is 138 Å². The highest BCUT2D eigenvalue weighted by Gasteiger charge is 2.27. The number of hydrogen-bond donors (Lipinski definition) is 1. The van der Waals surface area contributed by atoms with Gasteiger partial charge in [-0.2, -0.15) is 5.26 Å². The molecule has 1 saturated heterocycles. The minimum atomic E-state index is 0.603. The number of nitrogens with zero attached hydrogens (tertiary/aromatic N) is 4. The Morgan fingerprint density at radius 3 is 2.74 bits per heavy atom. The van der Waals surface area contributed by atoms with Crippen molar-refractivity contribution in [3.05, 3.63) is 16.7 Å². The summed E-state index contributed by atoms with van der Waals surface area (Å²) in [7, 11) is 3.81. The molecule has 124 valence electrons. The minimum absolute atomic E-state index is 0.603. The standard InChI is InChI=1S/C17H25N5O/c1-21-9-5-13-14(11-18)16(19-6-10-23-2)20-17(15(13)12-21)22-7-3-4-8-22/h3-10,12H2,1-2H3,(H,19,20). The fraction of sp³-hybridized carbons (Fsp3) is 0.647. The quantitative estimate of drug-likeness (QED) is 0.833. The van der Waals surface area contributed by atoms with Crippen LogP contribution in [0.2, 0.25) is 0 Å². The van der Waals surface area contributed by atoms with Gasteiger partial charge >= 0.3 is 0 Å². The molecule has 0 aliphatic carbocycles. The van der Waals surface area contributed by atoms with Gasteiger partial charge in [-0.25, -0.2) is 4.98 Å². The Bertz CT molecular complexity index is 604. The van der Waals surface area contributed by atoms with Gasteiger partial charge in [0.15, 0.2) is 0 Å². The van der Waals surface area contributed by atoms with Crippen LogP contribution >= 0.6 is 0 Å². The molecule has 2 aliphatic heterocycles. The summed E-state index contributed by atoms with van der Waals surface area (Å²) in [5.74, 6) is 1.79. The third kappa shape index (κ3) is 3.26. The Balaban J connectivity index is 2.03. The lowest BCUT2D eigenvalue weighted by Crippen LogP contribution is -2.31. The van der Waals surface area contributed by atoms with Crippen LogP contribution in [0.1, 0.15) is 29.5 Å². The van der Waals surface area contributed by atoms with Crippen LogP contribution in [0, 0.1) is 11.3 Å². The average Bonchev–Trinajstić information content (AvgIpc) is 3.08. The SMILES string of the molecule is COCCNc1nc(N2CCCC2)c2c(c1C#N)CCN(C)C2. The van der Waals surface area contributed by atoms with Crippen molar-refractivity contribution in [1.29, 1.82) is 5.26 Å². The van der Waals surface area contributed by atoms with E-state index in [2.05, 4.69) is 28.2 Å². The summed E-state index contributed by atoms with van der Waals surface area (Å²) in [4.78, 5) is 9.54. The molecule has 23 heavy (non-hydrogen) atoms. The maximum Gasteiger partial charge on any atom is 0.146 e. The Hall–Kier alpha value is -1.84. The first-order valence-corrected chi connectivity index (χ1v) is 8.36. The van der Waals surface area contributed by atoms with Gasteiger partial charge in [-0.05, 0) is 31.9 Å². The number of rotatable bonds is 5. The van der Waals surface area contributed by atoms with E-state index in [1.165, 1.54) is 24.0 Å². The third-order valence-electron chi connectivity index (χ3n) is 4.68. The maximum absolute atomic E-state index is 9.66. The van der Waals surface area contributed by atoms with Crippen molar-refractivity contribution in [3.63, 3.8) is 0 Å². The number of hydrogen-bond acceptors (Lipinski definition) is 6. The minimum Gasteiger partial charge on any atom is -0.383 e. The molecule has 2 aliphatic rings. The van der Waals surface area contributed by atoms with Crippen molar-refractivity contribution in [2.24, 2.45) is 0 Å². The number of nitrogens with one attached hydrogen (secondary N) is 1. The van der Waals surface area contributed by atoms with E-state index in [0.717, 1.165) is 44.2 Å². The summed E-state index contributed by atoms with van der Waals surface area (Å²) in [6.07, 6.45) is 3.36. The van der Waals surface area contributed by atoms with E-state index in [1.807, 2.05) is 0 Å². The van der Waals surface area contributed by atoms with Gasteiger partial charge in [-0.15, -0.1) is 0 Å². The normalized spacial score (nSPS) is 17.9. The van der Waals surface area contributed by atoms with Crippen LogP contribution in [0.5, 0.6) is 0 Å². The predicted octanol–water partition coefficient (Wildman–Crippen LogP) is 1.60. The zero-order valence-electron chi connectivity index (χ0n) is 14.1. The Morgan fingerprint density at radius 2 is 2.04 bits per heavy atom. The molecule has 0 radical (unpaired) electrons. The summed E-state index contributed by atoms with van der Waals surface area (Å²) < 4.78 is 5.10. The van der Waals surface area contributed by atoms with Crippen LogP contribution in [0.25, 0.3) is 0 Å². The van der Waals surface area contributed by atoms with Gasteiger partial charge in [-0.3, -0.25) is 0 Å². The van der Waals surface area contributed by atoms with Crippen LogP contribution in [-0.4, -0.2) is 56.8 Å². The van der Waals surface area contributed by atoms with Crippen molar-refractivity contribution in [1.82, 2.24) is 9.88 Å². The third-order valence-corrected chi connectivity index (χ3v) is 4.68. The van der Waals surface area contributed by atoms with Crippen LogP contribution in [-0.2, 0) is 17.7 Å². The molecule has 3 rings (SSSR count). The second kappa shape index (κ2) is 7.16. The highest BCUT2D eigenvalue weighted by atomic mass is 16.5. The molecule has 1 N–H and O–H groups in total. The summed E-state index contributed by atoms with van der Waals surface area (Å²) in [5, 5.41) is 13.0. The van der Waals surface area contributed by atoms with Gasteiger partial charge < -0.3 is 19.9 Å². The average molecular weight is 315 g/mol. The Morgan fingerprint density at radius 1 is 1.26 bits per heavy atom. The number of anilines is 2. The van der Waals surface area contributed by atoms with Gasteiger partial charge in [0.1, 0.15) is 17.7 Å². The fourth-order valence-corrected chi connectivity index (χ4v) is 3.46. The van der Waals surface area contributed by atoms with Crippen molar-refractivity contribution >= 4 is 11.6 Å². The molecule has 0 aromatic carbocycles. The van der Waals surface area contributed by atoms with Crippen LogP contribution in [0.3, 0.4) is 0 Å². The second-order valence-electron chi connectivity index (χ2n) is 6.33. The number of pyridine rings is 1. The van der Waals surface area contributed by atoms with Gasteiger partial charge in [-0.1, -0.05) is 0 Å². The molecule has 0 amide bonds. The predicted molar refractivity (Wildman–Crippen MR) is 90.8 cm³/mol. The first-order valence-electron chi connectivity index (χ1n) is 8.36. The van der Waals surface area contributed by atoms with Crippen molar-refractivity contribution < 1.29 is 4.74 Å². The number of nitriles is 1. The van der Waals surface area contributed by atoms with E-state index >= 15 is 0 Å². The lowest BCUT2D eigenvalue weighted by molar-refractivity contribution is 0.210. The molecule has 1 fully saturated rings. The van der Waals surface area contributed by atoms with E-state index in [0.29, 0.717) is 18.7 Å². The molecule has 0 saturated carbocycles. The highest BCUT2D eigenvalue weighted by molar-refractivity contribution is 5.67. The lowest BCUT2D eigenvalue weighted by atomic mass is 9.95. The highest BCUT2D eigenvalue weighted by Crippen LogP contribution is 2.34. The first-order chi connectivity index (χ1) is 11.2. The Kier molecular flexibility index (Phi) is 4.99. The number of aromatic nitrogens is 1. The molecule has 0 unspecified atom stereocenters. The monoisotopic (exact) mass is 315 g/mol. The topological polar surface area (TPSA) is 64.4 Å². The van der Waals surface area contributed by atoms with Gasteiger partial charge in [0.2, 0.25) is 0 Å². The van der Waals surface area contributed by atoms with Crippen molar-refractivity contribution in [2.75, 3.05) is 57.2 Å². The molecule has 6 nitrogen and oxygen atoms in total. The summed E-state index contributed by atoms with van der Waals surface area (Å²) in [5.41, 5.74) is 3.14. The van der Waals surface area contributed by atoms with E-state index < -0.39 is 0 Å². The molecule has 0 bridgehead atoms. The summed E-state index contributed by atoms with van der Waals surface area (Å²) >= 11 is 0.